The van der Waals surface area contributed by atoms with Crippen LogP contribution in [0.4, 0.5) is 0 Å². The number of ether oxygens (including phenoxy) is 1. The first-order valence-electron chi connectivity index (χ1n) is 8.87. The lowest BCUT2D eigenvalue weighted by atomic mass is 9.77. The standard InChI is InChI=1S/C21H22N2O4/c1-15-8-10-17(11-9-15)19-12-13-21(22-19,20(24)27-2)18(14-23(25)26)16-6-4-3-5-7-16/h3-11,18H,12-14H2,1-2H3/t18-,21-/m0/s1. The van der Waals surface area contributed by atoms with E-state index in [2.05, 4.69) is 0 Å². The van der Waals surface area contributed by atoms with E-state index in [0.29, 0.717) is 18.4 Å². The van der Waals surface area contributed by atoms with E-state index in [1.54, 1.807) is 12.1 Å². The van der Waals surface area contributed by atoms with Crippen molar-refractivity contribution in [1.29, 1.82) is 0 Å². The van der Waals surface area contributed by atoms with E-state index >= 15 is 0 Å². The van der Waals surface area contributed by atoms with Gasteiger partial charge in [-0.1, -0.05) is 60.2 Å². The Labute approximate surface area is 158 Å². The van der Waals surface area contributed by atoms with Crippen molar-refractivity contribution < 1.29 is 14.5 Å². The number of aryl methyl sites for hydroxylation is 1. The van der Waals surface area contributed by atoms with Gasteiger partial charge < -0.3 is 4.74 Å². The number of esters is 1. The molecular formula is C21H22N2O4. The van der Waals surface area contributed by atoms with Gasteiger partial charge >= 0.3 is 5.97 Å². The summed E-state index contributed by atoms with van der Waals surface area (Å²) in [7, 11) is 1.30. The Balaban J connectivity index is 2.10. The second-order valence-corrected chi connectivity index (χ2v) is 6.82. The fourth-order valence-corrected chi connectivity index (χ4v) is 3.70. The minimum atomic E-state index is -1.29. The average molecular weight is 366 g/mol. The molecule has 1 heterocycles. The molecule has 0 saturated heterocycles. The lowest BCUT2D eigenvalue weighted by Gasteiger charge is -2.30. The van der Waals surface area contributed by atoms with Crippen LogP contribution in [0.25, 0.3) is 0 Å². The fourth-order valence-electron chi connectivity index (χ4n) is 3.70. The molecule has 3 rings (SSSR count). The maximum absolute atomic E-state index is 12.8. The summed E-state index contributed by atoms with van der Waals surface area (Å²) < 4.78 is 5.06. The van der Waals surface area contributed by atoms with Crippen molar-refractivity contribution in [3.05, 3.63) is 81.4 Å². The number of benzene rings is 2. The zero-order valence-corrected chi connectivity index (χ0v) is 15.4. The normalized spacial score (nSPS) is 20.0. The van der Waals surface area contributed by atoms with Gasteiger partial charge in [-0.25, -0.2) is 4.79 Å². The summed E-state index contributed by atoms with van der Waals surface area (Å²) >= 11 is 0. The minimum absolute atomic E-state index is 0.385. The maximum atomic E-state index is 12.8. The summed E-state index contributed by atoms with van der Waals surface area (Å²) in [5.41, 5.74) is 2.27. The highest BCUT2D eigenvalue weighted by Crippen LogP contribution is 2.42. The Morgan fingerprint density at radius 2 is 1.89 bits per heavy atom. The molecule has 140 valence electrons. The molecule has 1 aliphatic heterocycles. The highest BCUT2D eigenvalue weighted by Gasteiger charge is 2.52. The molecule has 2 aromatic carbocycles. The number of hydrogen-bond donors (Lipinski definition) is 0. The van der Waals surface area contributed by atoms with E-state index in [9.17, 15) is 14.9 Å². The molecule has 0 spiro atoms. The second kappa shape index (κ2) is 7.70. The van der Waals surface area contributed by atoms with E-state index in [1.165, 1.54) is 7.11 Å². The maximum Gasteiger partial charge on any atom is 0.334 e. The van der Waals surface area contributed by atoms with Crippen LogP contribution >= 0.6 is 0 Å². The third kappa shape index (κ3) is 3.74. The molecule has 0 radical (unpaired) electrons. The first-order valence-corrected chi connectivity index (χ1v) is 8.87. The number of nitro groups is 1. The first kappa shape index (κ1) is 18.8. The molecule has 1 aliphatic rings. The second-order valence-electron chi connectivity index (χ2n) is 6.82. The van der Waals surface area contributed by atoms with Crippen LogP contribution in [-0.4, -0.2) is 35.8 Å². The quantitative estimate of drug-likeness (QED) is 0.445. The summed E-state index contributed by atoms with van der Waals surface area (Å²) in [4.78, 5) is 28.6. The third-order valence-corrected chi connectivity index (χ3v) is 5.11. The van der Waals surface area contributed by atoms with Crippen molar-refractivity contribution in [2.24, 2.45) is 4.99 Å². The van der Waals surface area contributed by atoms with Crippen molar-refractivity contribution in [2.75, 3.05) is 13.7 Å². The Morgan fingerprint density at radius 3 is 2.48 bits per heavy atom. The number of carbonyl (C=O) groups excluding carboxylic acids is 1. The van der Waals surface area contributed by atoms with E-state index in [-0.39, 0.29) is 11.5 Å². The molecule has 27 heavy (non-hydrogen) atoms. The molecule has 0 aromatic heterocycles. The molecule has 0 N–H and O–H groups in total. The molecule has 0 saturated carbocycles. The number of carbonyl (C=O) groups is 1. The molecule has 0 bridgehead atoms. The van der Waals surface area contributed by atoms with Crippen LogP contribution in [-0.2, 0) is 9.53 Å². The summed E-state index contributed by atoms with van der Waals surface area (Å²) in [5.74, 6) is -1.22. The zero-order chi connectivity index (χ0) is 19.4. The topological polar surface area (TPSA) is 81.8 Å². The third-order valence-electron chi connectivity index (χ3n) is 5.11. The molecule has 0 aliphatic carbocycles. The lowest BCUT2D eigenvalue weighted by molar-refractivity contribution is -0.484. The first-order chi connectivity index (χ1) is 13.0. The number of aliphatic imine (C=N–C) groups is 1. The Hall–Kier alpha value is -3.02. The predicted molar refractivity (Wildman–Crippen MR) is 103 cm³/mol. The van der Waals surface area contributed by atoms with Gasteiger partial charge in [0.15, 0.2) is 5.54 Å². The van der Waals surface area contributed by atoms with E-state index in [4.69, 9.17) is 9.73 Å². The molecule has 0 fully saturated rings. The number of hydrogen-bond acceptors (Lipinski definition) is 5. The highest BCUT2D eigenvalue weighted by atomic mass is 16.6. The summed E-state index contributed by atoms with van der Waals surface area (Å²) in [6.45, 7) is 1.62. The Bertz CT molecular complexity index is 862. The average Bonchev–Trinajstić information content (AvgIpc) is 3.13. The van der Waals surface area contributed by atoms with Crippen LogP contribution in [0.1, 0.15) is 35.4 Å². The van der Waals surface area contributed by atoms with Gasteiger partial charge in [-0.15, -0.1) is 0 Å². The monoisotopic (exact) mass is 366 g/mol. The van der Waals surface area contributed by atoms with Crippen LogP contribution in [0.3, 0.4) is 0 Å². The molecule has 2 atom stereocenters. The SMILES string of the molecule is COC(=O)[C@@]1([C@@H](C[N+](=O)[O-])c2ccccc2)CCC(c2ccc(C)cc2)=N1. The number of methoxy groups -OCH3 is 1. The van der Waals surface area contributed by atoms with Gasteiger partial charge in [0, 0.05) is 10.6 Å². The van der Waals surface area contributed by atoms with Crippen molar-refractivity contribution in [1.82, 2.24) is 0 Å². The van der Waals surface area contributed by atoms with Gasteiger partial charge in [0.25, 0.3) is 0 Å². The summed E-state index contributed by atoms with van der Waals surface area (Å²) in [5, 5.41) is 11.4. The molecule has 6 nitrogen and oxygen atoms in total. The van der Waals surface area contributed by atoms with E-state index in [1.807, 2.05) is 49.4 Å². The highest BCUT2D eigenvalue weighted by molar-refractivity contribution is 6.05. The molecule has 0 unspecified atom stereocenters. The zero-order valence-electron chi connectivity index (χ0n) is 15.4. The lowest BCUT2D eigenvalue weighted by Crippen LogP contribution is -2.44. The Morgan fingerprint density at radius 1 is 1.22 bits per heavy atom. The van der Waals surface area contributed by atoms with Gasteiger partial charge in [0.2, 0.25) is 6.54 Å². The predicted octanol–water partition coefficient (Wildman–Crippen LogP) is 3.55. The van der Waals surface area contributed by atoms with Gasteiger partial charge in [-0.3, -0.25) is 15.1 Å². The van der Waals surface area contributed by atoms with Crippen LogP contribution in [0.15, 0.2) is 59.6 Å². The molecule has 2 aromatic rings. The van der Waals surface area contributed by atoms with Gasteiger partial charge in [0.1, 0.15) is 0 Å². The number of rotatable bonds is 6. The van der Waals surface area contributed by atoms with Gasteiger partial charge in [0.05, 0.1) is 13.0 Å². The van der Waals surface area contributed by atoms with Gasteiger partial charge in [-0.2, -0.15) is 0 Å². The van der Waals surface area contributed by atoms with Crippen molar-refractivity contribution >= 4 is 11.7 Å². The largest absolute Gasteiger partial charge is 0.467 e. The Kier molecular flexibility index (Phi) is 5.35. The van der Waals surface area contributed by atoms with Crippen LogP contribution < -0.4 is 0 Å². The summed E-state index contributed by atoms with van der Waals surface area (Å²) in [6.07, 6.45) is 0.954. The summed E-state index contributed by atoms with van der Waals surface area (Å²) in [6, 6.07) is 17.0. The molecule has 0 amide bonds. The minimum Gasteiger partial charge on any atom is -0.467 e. The smallest absolute Gasteiger partial charge is 0.334 e. The number of nitrogens with zero attached hydrogens (tertiary/aromatic N) is 2. The fraction of sp³-hybridized carbons (Fsp3) is 0.333. The van der Waals surface area contributed by atoms with Gasteiger partial charge in [-0.05, 0) is 30.9 Å². The van der Waals surface area contributed by atoms with Crippen molar-refractivity contribution in [2.45, 2.75) is 31.2 Å². The van der Waals surface area contributed by atoms with Crippen molar-refractivity contribution in [3.8, 4) is 0 Å². The molecular weight excluding hydrogens is 344 g/mol. The van der Waals surface area contributed by atoms with E-state index in [0.717, 1.165) is 16.8 Å². The van der Waals surface area contributed by atoms with Crippen LogP contribution in [0, 0.1) is 17.0 Å². The van der Waals surface area contributed by atoms with Crippen LogP contribution in [0.5, 0.6) is 0 Å². The van der Waals surface area contributed by atoms with Crippen molar-refractivity contribution in [3.63, 3.8) is 0 Å². The van der Waals surface area contributed by atoms with E-state index < -0.39 is 17.4 Å². The molecule has 6 heteroatoms. The van der Waals surface area contributed by atoms with Crippen LogP contribution in [0.2, 0.25) is 0 Å².